The number of carbonyl (C=O) groups is 1. The normalized spacial score (nSPS) is 14.1. The summed E-state index contributed by atoms with van der Waals surface area (Å²) in [7, 11) is 1.50. The lowest BCUT2D eigenvalue weighted by Crippen LogP contribution is -2.32. The Bertz CT molecular complexity index is 905. The van der Waals surface area contributed by atoms with Crippen LogP contribution in [0.3, 0.4) is 0 Å². The quantitative estimate of drug-likeness (QED) is 0.752. The van der Waals surface area contributed by atoms with E-state index >= 15 is 0 Å². The van der Waals surface area contributed by atoms with Crippen molar-refractivity contribution in [3.8, 4) is 17.6 Å². The van der Waals surface area contributed by atoms with Gasteiger partial charge in [0.2, 0.25) is 0 Å². The number of amides is 1. The molecule has 0 spiro atoms. The van der Waals surface area contributed by atoms with Crippen LogP contribution in [0.5, 0.6) is 11.5 Å². The van der Waals surface area contributed by atoms with Gasteiger partial charge in [-0.25, -0.2) is 0 Å². The second-order valence-corrected chi connectivity index (χ2v) is 8.02. The van der Waals surface area contributed by atoms with E-state index in [1.165, 1.54) is 24.2 Å². The van der Waals surface area contributed by atoms with Gasteiger partial charge in [0.05, 0.1) is 18.7 Å². The zero-order valence-electron chi connectivity index (χ0n) is 16.7. The summed E-state index contributed by atoms with van der Waals surface area (Å²) in [5.41, 5.74) is 3.58. The van der Waals surface area contributed by atoms with E-state index < -0.39 is 0 Å². The van der Waals surface area contributed by atoms with E-state index in [9.17, 15) is 4.79 Å². The maximum atomic E-state index is 12.4. The summed E-state index contributed by atoms with van der Waals surface area (Å²) in [6.45, 7) is 4.99. The lowest BCUT2D eigenvalue weighted by molar-refractivity contribution is -0.118. The first-order valence-electron chi connectivity index (χ1n) is 9.50. The van der Waals surface area contributed by atoms with Crippen molar-refractivity contribution in [2.45, 2.75) is 13.5 Å². The van der Waals surface area contributed by atoms with Crippen molar-refractivity contribution in [1.82, 2.24) is 4.90 Å². The average molecular weight is 412 g/mol. The molecule has 2 aromatic rings. The highest BCUT2D eigenvalue weighted by molar-refractivity contribution is 7.99. The predicted octanol–water partition coefficient (Wildman–Crippen LogP) is 3.44. The number of anilines is 1. The van der Waals surface area contributed by atoms with Crippen molar-refractivity contribution in [1.29, 1.82) is 5.26 Å². The van der Waals surface area contributed by atoms with Crippen molar-refractivity contribution in [2.24, 2.45) is 0 Å². The fourth-order valence-corrected chi connectivity index (χ4v) is 4.16. The smallest absolute Gasteiger partial charge is 0.262 e. The summed E-state index contributed by atoms with van der Waals surface area (Å²) >= 11 is 2.00. The number of nitriles is 1. The van der Waals surface area contributed by atoms with Crippen LogP contribution in [0.4, 0.5) is 5.69 Å². The molecular formula is C22H25N3O3S. The fourth-order valence-electron chi connectivity index (χ4n) is 3.18. The molecule has 1 fully saturated rings. The third kappa shape index (κ3) is 5.66. The number of nitrogens with zero attached hydrogens (tertiary/aromatic N) is 2. The van der Waals surface area contributed by atoms with Gasteiger partial charge in [-0.2, -0.15) is 17.0 Å². The van der Waals surface area contributed by atoms with Gasteiger partial charge in [0.1, 0.15) is 0 Å². The minimum Gasteiger partial charge on any atom is -0.493 e. The Kier molecular flexibility index (Phi) is 7.39. The van der Waals surface area contributed by atoms with Gasteiger partial charge in [0.15, 0.2) is 18.1 Å². The Labute approximate surface area is 175 Å². The molecule has 1 aliphatic rings. The largest absolute Gasteiger partial charge is 0.493 e. The van der Waals surface area contributed by atoms with Crippen LogP contribution >= 0.6 is 11.8 Å². The summed E-state index contributed by atoms with van der Waals surface area (Å²) < 4.78 is 10.8. The molecule has 152 valence electrons. The summed E-state index contributed by atoms with van der Waals surface area (Å²) in [5, 5.41) is 11.9. The van der Waals surface area contributed by atoms with Crippen molar-refractivity contribution in [3.63, 3.8) is 0 Å². The summed E-state index contributed by atoms with van der Waals surface area (Å²) in [6.07, 6.45) is 0. The van der Waals surface area contributed by atoms with Gasteiger partial charge in [-0.15, -0.1) is 0 Å². The van der Waals surface area contributed by atoms with Crippen LogP contribution in [0.15, 0.2) is 36.4 Å². The lowest BCUT2D eigenvalue weighted by atomic mass is 10.1. The fraction of sp³-hybridized carbons (Fsp3) is 0.364. The first-order valence-corrected chi connectivity index (χ1v) is 10.7. The van der Waals surface area contributed by atoms with Gasteiger partial charge in [-0.3, -0.25) is 9.69 Å². The maximum Gasteiger partial charge on any atom is 0.262 e. The Morgan fingerprint density at radius 3 is 2.76 bits per heavy atom. The van der Waals surface area contributed by atoms with E-state index in [1.807, 2.05) is 36.9 Å². The second kappa shape index (κ2) is 10.2. The number of benzene rings is 2. The standard InChI is InChI=1S/C22H25N3O3S/c1-16-18(14-25-8-10-29-11-9-25)4-3-5-19(16)24-22(26)15-28-20-7-6-17(13-23)12-21(20)27-2/h3-7,12H,8-11,14-15H2,1-2H3,(H,24,26). The van der Waals surface area contributed by atoms with Crippen LogP contribution in [0.2, 0.25) is 0 Å². The number of rotatable bonds is 7. The number of hydrogen-bond acceptors (Lipinski definition) is 6. The minimum atomic E-state index is -0.244. The summed E-state index contributed by atoms with van der Waals surface area (Å²) in [5.74, 6) is 2.95. The highest BCUT2D eigenvalue weighted by atomic mass is 32.2. The van der Waals surface area contributed by atoms with Crippen LogP contribution in [0.1, 0.15) is 16.7 Å². The van der Waals surface area contributed by atoms with Crippen molar-refractivity contribution >= 4 is 23.4 Å². The monoisotopic (exact) mass is 411 g/mol. The molecule has 0 bridgehead atoms. The molecule has 2 aromatic carbocycles. The second-order valence-electron chi connectivity index (χ2n) is 6.79. The molecule has 1 saturated heterocycles. The van der Waals surface area contributed by atoms with E-state index in [1.54, 1.807) is 18.2 Å². The molecular weight excluding hydrogens is 386 g/mol. The lowest BCUT2D eigenvalue weighted by Gasteiger charge is -2.27. The Morgan fingerprint density at radius 1 is 1.24 bits per heavy atom. The van der Waals surface area contributed by atoms with Crippen LogP contribution in [0.25, 0.3) is 0 Å². The number of nitrogens with one attached hydrogen (secondary N) is 1. The molecule has 0 aliphatic carbocycles. The topological polar surface area (TPSA) is 74.6 Å². The number of ether oxygens (including phenoxy) is 2. The SMILES string of the molecule is COc1cc(C#N)ccc1OCC(=O)Nc1cccc(CN2CCSCC2)c1C. The number of hydrogen-bond donors (Lipinski definition) is 1. The summed E-state index contributed by atoms with van der Waals surface area (Å²) in [4.78, 5) is 14.9. The van der Waals surface area contributed by atoms with Gasteiger partial charge < -0.3 is 14.8 Å². The Hall–Kier alpha value is -2.69. The van der Waals surface area contributed by atoms with Gasteiger partial charge >= 0.3 is 0 Å². The zero-order chi connectivity index (χ0) is 20.6. The predicted molar refractivity (Wildman–Crippen MR) is 116 cm³/mol. The van der Waals surface area contributed by atoms with E-state index in [0.29, 0.717) is 17.1 Å². The molecule has 6 nitrogen and oxygen atoms in total. The highest BCUT2D eigenvalue weighted by Gasteiger charge is 2.14. The van der Waals surface area contributed by atoms with E-state index in [-0.39, 0.29) is 12.5 Å². The molecule has 29 heavy (non-hydrogen) atoms. The van der Waals surface area contributed by atoms with Gasteiger partial charge in [0.25, 0.3) is 5.91 Å². The number of methoxy groups -OCH3 is 1. The molecule has 1 heterocycles. The van der Waals surface area contributed by atoms with E-state index in [2.05, 4.69) is 16.3 Å². The average Bonchev–Trinajstić information content (AvgIpc) is 2.75. The number of thioether (sulfide) groups is 1. The van der Waals surface area contributed by atoms with Gasteiger partial charge in [0, 0.05) is 42.9 Å². The Balaban J connectivity index is 1.61. The van der Waals surface area contributed by atoms with E-state index in [4.69, 9.17) is 14.7 Å². The highest BCUT2D eigenvalue weighted by Crippen LogP contribution is 2.28. The van der Waals surface area contributed by atoms with Crippen molar-refractivity contribution in [2.75, 3.05) is 43.6 Å². The van der Waals surface area contributed by atoms with Crippen molar-refractivity contribution < 1.29 is 14.3 Å². The molecule has 1 aliphatic heterocycles. The van der Waals surface area contributed by atoms with Crippen LogP contribution in [0, 0.1) is 18.3 Å². The third-order valence-corrected chi connectivity index (χ3v) is 5.81. The molecule has 0 unspecified atom stereocenters. The molecule has 0 atom stereocenters. The molecule has 1 N–H and O–H groups in total. The molecule has 3 rings (SSSR count). The van der Waals surface area contributed by atoms with Crippen LogP contribution in [-0.4, -0.2) is 49.1 Å². The first-order chi connectivity index (χ1) is 14.1. The van der Waals surface area contributed by atoms with Gasteiger partial charge in [-0.1, -0.05) is 12.1 Å². The molecule has 1 amide bonds. The van der Waals surface area contributed by atoms with Crippen LogP contribution in [-0.2, 0) is 11.3 Å². The maximum absolute atomic E-state index is 12.4. The van der Waals surface area contributed by atoms with Crippen molar-refractivity contribution in [3.05, 3.63) is 53.1 Å². The third-order valence-electron chi connectivity index (χ3n) is 4.87. The molecule has 7 heteroatoms. The molecule has 0 radical (unpaired) electrons. The minimum absolute atomic E-state index is 0.144. The summed E-state index contributed by atoms with van der Waals surface area (Å²) in [6, 6.07) is 12.9. The zero-order valence-corrected chi connectivity index (χ0v) is 17.6. The van der Waals surface area contributed by atoms with E-state index in [0.717, 1.165) is 30.9 Å². The Morgan fingerprint density at radius 2 is 2.03 bits per heavy atom. The first kappa shape index (κ1) is 21.0. The van der Waals surface area contributed by atoms with Crippen LogP contribution < -0.4 is 14.8 Å². The molecule has 0 aromatic heterocycles. The number of carbonyl (C=O) groups excluding carboxylic acids is 1. The van der Waals surface area contributed by atoms with Gasteiger partial charge in [-0.05, 0) is 36.2 Å². The molecule has 0 saturated carbocycles.